The van der Waals surface area contributed by atoms with Gasteiger partial charge in [-0.1, -0.05) is 19.3 Å². The summed E-state index contributed by atoms with van der Waals surface area (Å²) in [5.74, 6) is -1.02. The number of amides is 2. The minimum Gasteiger partial charge on any atom is -0.345 e. The van der Waals surface area contributed by atoms with Crippen molar-refractivity contribution < 1.29 is 14.0 Å². The number of nitrogens with two attached hydrogens (primary N) is 1. The van der Waals surface area contributed by atoms with E-state index in [0.29, 0.717) is 18.5 Å². The van der Waals surface area contributed by atoms with Crippen molar-refractivity contribution in [2.45, 2.75) is 37.6 Å². The predicted molar refractivity (Wildman–Crippen MR) is 78.0 cm³/mol. The molecule has 0 radical (unpaired) electrons. The first-order valence-electron chi connectivity index (χ1n) is 7.12. The van der Waals surface area contributed by atoms with Crippen molar-refractivity contribution >= 4 is 17.5 Å². The van der Waals surface area contributed by atoms with Gasteiger partial charge in [-0.3, -0.25) is 9.59 Å². The number of hydrogen-bond donors (Lipinski definition) is 3. The van der Waals surface area contributed by atoms with Crippen LogP contribution >= 0.6 is 0 Å². The molecule has 2 rings (SSSR count). The zero-order chi connectivity index (χ0) is 15.3. The van der Waals surface area contributed by atoms with Gasteiger partial charge < -0.3 is 16.4 Å². The zero-order valence-corrected chi connectivity index (χ0v) is 11.8. The van der Waals surface area contributed by atoms with Crippen LogP contribution in [0.25, 0.3) is 0 Å². The number of halogens is 1. The van der Waals surface area contributed by atoms with Gasteiger partial charge in [-0.2, -0.15) is 0 Å². The molecule has 0 unspecified atom stereocenters. The monoisotopic (exact) mass is 293 g/mol. The zero-order valence-electron chi connectivity index (χ0n) is 11.8. The summed E-state index contributed by atoms with van der Waals surface area (Å²) in [5.41, 5.74) is 5.70. The second-order valence-electron chi connectivity index (χ2n) is 5.45. The van der Waals surface area contributed by atoms with Crippen LogP contribution in [-0.2, 0) is 9.59 Å². The highest BCUT2D eigenvalue weighted by Crippen LogP contribution is 2.25. The first kappa shape index (κ1) is 15.4. The van der Waals surface area contributed by atoms with E-state index in [2.05, 4.69) is 10.6 Å². The average molecular weight is 293 g/mol. The summed E-state index contributed by atoms with van der Waals surface area (Å²) in [6, 6.07) is 5.43. The molecule has 1 fully saturated rings. The molecule has 1 aromatic rings. The van der Waals surface area contributed by atoms with Gasteiger partial charge in [0.15, 0.2) is 0 Å². The highest BCUT2D eigenvalue weighted by Gasteiger charge is 2.35. The fourth-order valence-corrected chi connectivity index (χ4v) is 2.48. The van der Waals surface area contributed by atoms with E-state index in [-0.39, 0.29) is 24.2 Å². The third kappa shape index (κ3) is 4.26. The Bertz CT molecular complexity index is 510. The Hall–Kier alpha value is -1.95. The first-order chi connectivity index (χ1) is 9.99. The molecule has 114 valence electrons. The molecule has 1 aromatic carbocycles. The van der Waals surface area contributed by atoms with Crippen molar-refractivity contribution in [2.24, 2.45) is 5.73 Å². The van der Waals surface area contributed by atoms with Crippen LogP contribution in [0.3, 0.4) is 0 Å². The highest BCUT2D eigenvalue weighted by molar-refractivity contribution is 5.96. The number of nitrogens with one attached hydrogen (secondary N) is 2. The smallest absolute Gasteiger partial charge is 0.243 e. The summed E-state index contributed by atoms with van der Waals surface area (Å²) in [4.78, 5) is 23.8. The van der Waals surface area contributed by atoms with Gasteiger partial charge in [0, 0.05) is 5.69 Å². The van der Waals surface area contributed by atoms with Crippen molar-refractivity contribution in [3.63, 3.8) is 0 Å². The Balaban J connectivity index is 1.80. The largest absolute Gasteiger partial charge is 0.345 e. The SMILES string of the molecule is NC1(C(=O)NCC(=O)Nc2ccc(F)cc2)CCCCC1. The van der Waals surface area contributed by atoms with Gasteiger partial charge in [0.1, 0.15) is 5.82 Å². The second-order valence-corrected chi connectivity index (χ2v) is 5.45. The third-order valence-corrected chi connectivity index (χ3v) is 3.74. The molecule has 0 aliphatic heterocycles. The van der Waals surface area contributed by atoms with E-state index in [1.54, 1.807) is 0 Å². The molecule has 0 saturated heterocycles. The molecule has 0 aromatic heterocycles. The van der Waals surface area contributed by atoms with Gasteiger partial charge in [0.05, 0.1) is 12.1 Å². The Labute approximate surface area is 123 Å². The summed E-state index contributed by atoms with van der Waals surface area (Å²) in [6.45, 7) is -0.144. The van der Waals surface area contributed by atoms with Crippen molar-refractivity contribution in [1.29, 1.82) is 0 Å². The molecule has 1 saturated carbocycles. The number of rotatable bonds is 4. The van der Waals surface area contributed by atoms with Gasteiger partial charge in [0.25, 0.3) is 0 Å². The number of carbonyl (C=O) groups is 2. The van der Waals surface area contributed by atoms with Gasteiger partial charge >= 0.3 is 0 Å². The van der Waals surface area contributed by atoms with E-state index in [1.807, 2.05) is 0 Å². The predicted octanol–water partition coefficient (Wildman–Crippen LogP) is 1.54. The standard InChI is InChI=1S/C15H20FN3O2/c16-11-4-6-12(7-5-11)19-13(20)10-18-14(21)15(17)8-2-1-3-9-15/h4-7H,1-3,8-10,17H2,(H,18,21)(H,19,20). The first-order valence-corrected chi connectivity index (χ1v) is 7.12. The molecule has 2 amide bonds. The van der Waals surface area contributed by atoms with Gasteiger partial charge in [0.2, 0.25) is 11.8 Å². The van der Waals surface area contributed by atoms with Crippen LogP contribution in [0.5, 0.6) is 0 Å². The van der Waals surface area contributed by atoms with Crippen LogP contribution in [0.2, 0.25) is 0 Å². The van der Waals surface area contributed by atoms with Crippen molar-refractivity contribution in [2.75, 3.05) is 11.9 Å². The molecule has 4 N–H and O–H groups in total. The van der Waals surface area contributed by atoms with E-state index in [4.69, 9.17) is 5.73 Å². The summed E-state index contributed by atoms with van der Waals surface area (Å²) in [6.07, 6.45) is 4.27. The molecule has 6 heteroatoms. The minimum absolute atomic E-state index is 0.144. The van der Waals surface area contributed by atoms with Gasteiger partial charge in [-0.05, 0) is 37.1 Å². The average Bonchev–Trinajstić information content (AvgIpc) is 2.48. The molecule has 1 aliphatic carbocycles. The maximum Gasteiger partial charge on any atom is 0.243 e. The minimum atomic E-state index is -0.853. The lowest BCUT2D eigenvalue weighted by molar-refractivity contribution is -0.129. The third-order valence-electron chi connectivity index (χ3n) is 3.74. The van der Waals surface area contributed by atoms with Crippen molar-refractivity contribution in [3.05, 3.63) is 30.1 Å². The molecule has 0 atom stereocenters. The quantitative estimate of drug-likeness (QED) is 0.787. The lowest BCUT2D eigenvalue weighted by Gasteiger charge is -2.31. The van der Waals surface area contributed by atoms with Crippen molar-refractivity contribution in [1.82, 2.24) is 5.32 Å². The lowest BCUT2D eigenvalue weighted by atomic mass is 9.82. The van der Waals surface area contributed by atoms with Gasteiger partial charge in [-0.25, -0.2) is 4.39 Å². The number of hydrogen-bond acceptors (Lipinski definition) is 3. The Morgan fingerprint density at radius 1 is 1.14 bits per heavy atom. The Morgan fingerprint density at radius 2 is 1.76 bits per heavy atom. The maximum atomic E-state index is 12.7. The topological polar surface area (TPSA) is 84.2 Å². The van der Waals surface area contributed by atoms with E-state index < -0.39 is 5.54 Å². The van der Waals surface area contributed by atoms with Crippen LogP contribution in [0.1, 0.15) is 32.1 Å². The van der Waals surface area contributed by atoms with Crippen LogP contribution in [-0.4, -0.2) is 23.9 Å². The van der Waals surface area contributed by atoms with E-state index >= 15 is 0 Å². The number of carbonyl (C=O) groups excluding carboxylic acids is 2. The number of anilines is 1. The van der Waals surface area contributed by atoms with Gasteiger partial charge in [-0.15, -0.1) is 0 Å². The fourth-order valence-electron chi connectivity index (χ4n) is 2.48. The van der Waals surface area contributed by atoms with E-state index in [0.717, 1.165) is 19.3 Å². The molecule has 0 spiro atoms. The Kier molecular flexibility index (Phi) is 4.90. The van der Waals surface area contributed by atoms with E-state index in [1.165, 1.54) is 24.3 Å². The van der Waals surface area contributed by atoms with Crippen LogP contribution in [0.15, 0.2) is 24.3 Å². The van der Waals surface area contributed by atoms with Crippen LogP contribution in [0.4, 0.5) is 10.1 Å². The second kappa shape index (κ2) is 6.67. The molecule has 0 heterocycles. The molecule has 5 nitrogen and oxygen atoms in total. The molecular weight excluding hydrogens is 273 g/mol. The molecule has 0 bridgehead atoms. The lowest BCUT2D eigenvalue weighted by Crippen LogP contribution is -2.56. The fraction of sp³-hybridized carbons (Fsp3) is 0.467. The Morgan fingerprint density at radius 3 is 2.38 bits per heavy atom. The van der Waals surface area contributed by atoms with Crippen LogP contribution in [0, 0.1) is 5.82 Å². The molecule has 1 aliphatic rings. The summed E-state index contributed by atoms with van der Waals surface area (Å²) in [5, 5.41) is 5.15. The van der Waals surface area contributed by atoms with Crippen molar-refractivity contribution in [3.8, 4) is 0 Å². The maximum absolute atomic E-state index is 12.7. The molecular formula is C15H20FN3O2. The summed E-state index contributed by atoms with van der Waals surface area (Å²) in [7, 11) is 0. The number of benzene rings is 1. The summed E-state index contributed by atoms with van der Waals surface area (Å²) < 4.78 is 12.7. The van der Waals surface area contributed by atoms with E-state index in [9.17, 15) is 14.0 Å². The normalized spacial score (nSPS) is 17.0. The molecule has 21 heavy (non-hydrogen) atoms. The summed E-state index contributed by atoms with van der Waals surface area (Å²) >= 11 is 0. The van der Waals surface area contributed by atoms with Crippen LogP contribution < -0.4 is 16.4 Å². The highest BCUT2D eigenvalue weighted by atomic mass is 19.1.